The Balaban J connectivity index is 1.85. The van der Waals surface area contributed by atoms with E-state index < -0.39 is 30.2 Å². The number of pyridine rings is 1. The maximum atomic E-state index is 15.8. The van der Waals surface area contributed by atoms with Gasteiger partial charge in [0, 0.05) is 28.7 Å². The van der Waals surface area contributed by atoms with E-state index in [1.165, 1.54) is 0 Å². The van der Waals surface area contributed by atoms with E-state index in [2.05, 4.69) is 50.4 Å². The van der Waals surface area contributed by atoms with Crippen LogP contribution in [0.5, 0.6) is 0 Å². The second-order valence-corrected chi connectivity index (χ2v) is 18.7. The average Bonchev–Trinajstić information content (AvgIpc) is 3.23. The molecule has 0 aliphatic heterocycles. The van der Waals surface area contributed by atoms with Crippen molar-refractivity contribution >= 4 is 51.5 Å². The van der Waals surface area contributed by atoms with Crippen molar-refractivity contribution in [2.24, 2.45) is 0 Å². The zero-order chi connectivity index (χ0) is 26.3. The SMILES string of the molecule is CC(C)(C)[S+]([O-])NC(Cc1nc(Br)cc([Si](C)(C)C)c1F)c1ccccc1-c1noc2ccccc12. The fourth-order valence-electron chi connectivity index (χ4n) is 4.04. The van der Waals surface area contributed by atoms with Gasteiger partial charge in [-0.1, -0.05) is 61.2 Å². The van der Waals surface area contributed by atoms with Crippen molar-refractivity contribution in [3.63, 3.8) is 0 Å². The van der Waals surface area contributed by atoms with E-state index >= 15 is 4.39 Å². The van der Waals surface area contributed by atoms with Gasteiger partial charge in [-0.25, -0.2) is 9.37 Å². The summed E-state index contributed by atoms with van der Waals surface area (Å²) in [4.78, 5) is 4.51. The lowest BCUT2D eigenvalue weighted by Gasteiger charge is -2.29. The number of fused-ring (bicyclic) bond motifs is 1. The lowest BCUT2D eigenvalue weighted by atomic mass is 9.94. The van der Waals surface area contributed by atoms with Crippen LogP contribution in [0.25, 0.3) is 22.2 Å². The van der Waals surface area contributed by atoms with Crippen LogP contribution in [0.3, 0.4) is 0 Å². The Morgan fingerprint density at radius 3 is 2.47 bits per heavy atom. The largest absolute Gasteiger partial charge is 0.598 e. The van der Waals surface area contributed by atoms with Crippen LogP contribution in [0.15, 0.2) is 63.7 Å². The first-order chi connectivity index (χ1) is 16.9. The van der Waals surface area contributed by atoms with Crippen molar-refractivity contribution in [1.82, 2.24) is 14.9 Å². The zero-order valence-corrected chi connectivity index (χ0v) is 24.8. The molecule has 190 valence electrons. The van der Waals surface area contributed by atoms with Crippen LogP contribution in [0.2, 0.25) is 19.6 Å². The maximum absolute atomic E-state index is 15.8. The summed E-state index contributed by atoms with van der Waals surface area (Å²) in [6.45, 7) is 12.0. The highest BCUT2D eigenvalue weighted by molar-refractivity contribution is 9.10. The summed E-state index contributed by atoms with van der Waals surface area (Å²) in [5, 5.41) is 5.95. The molecule has 0 saturated heterocycles. The number of aromatic nitrogens is 2. The number of hydrogen-bond donors (Lipinski definition) is 1. The van der Waals surface area contributed by atoms with Gasteiger partial charge in [-0.15, -0.1) is 4.72 Å². The number of halogens is 2. The van der Waals surface area contributed by atoms with Crippen molar-refractivity contribution in [2.45, 2.75) is 57.6 Å². The molecule has 0 spiro atoms. The summed E-state index contributed by atoms with van der Waals surface area (Å²) in [6, 6.07) is 16.8. The molecule has 2 aromatic carbocycles. The van der Waals surface area contributed by atoms with Crippen LogP contribution >= 0.6 is 15.9 Å². The number of benzene rings is 2. The number of hydrogen-bond acceptors (Lipinski definition) is 5. The van der Waals surface area contributed by atoms with E-state index in [0.717, 1.165) is 16.5 Å². The van der Waals surface area contributed by atoms with Crippen molar-refractivity contribution < 1.29 is 13.5 Å². The second kappa shape index (κ2) is 10.4. The van der Waals surface area contributed by atoms with Crippen LogP contribution in [0.1, 0.15) is 38.1 Å². The summed E-state index contributed by atoms with van der Waals surface area (Å²) < 4.78 is 38.0. The summed E-state index contributed by atoms with van der Waals surface area (Å²) >= 11 is 2.08. The molecule has 0 aliphatic carbocycles. The van der Waals surface area contributed by atoms with Crippen molar-refractivity contribution in [3.8, 4) is 11.3 Å². The van der Waals surface area contributed by atoms with Crippen molar-refractivity contribution in [1.29, 1.82) is 0 Å². The van der Waals surface area contributed by atoms with E-state index in [4.69, 9.17) is 4.52 Å². The van der Waals surface area contributed by atoms with Gasteiger partial charge in [-0.3, -0.25) is 0 Å². The van der Waals surface area contributed by atoms with Crippen LogP contribution < -0.4 is 9.91 Å². The van der Waals surface area contributed by atoms with Crippen LogP contribution in [-0.2, 0) is 17.8 Å². The Kier molecular flexibility index (Phi) is 7.78. The molecule has 0 fully saturated rings. The molecule has 9 heteroatoms. The molecule has 2 aromatic heterocycles. The zero-order valence-electron chi connectivity index (χ0n) is 21.4. The molecule has 2 heterocycles. The monoisotopic (exact) mass is 587 g/mol. The molecule has 36 heavy (non-hydrogen) atoms. The Morgan fingerprint density at radius 2 is 1.78 bits per heavy atom. The number of nitrogens with zero attached hydrogens (tertiary/aromatic N) is 2. The van der Waals surface area contributed by atoms with E-state index in [1.54, 1.807) is 6.07 Å². The minimum absolute atomic E-state index is 0.220. The summed E-state index contributed by atoms with van der Waals surface area (Å²) in [5.41, 5.74) is 3.41. The standard InChI is InChI=1S/C27H31BrFN3O2SSi/c1-27(2,3)35(33)32-20(15-21-25(29)23(36(4,5)6)16-24(28)30-21)17-11-7-8-12-18(17)26-19-13-9-10-14-22(19)34-31-26/h7-14,16,20,32H,15H2,1-6H3. The number of para-hydroxylation sites is 1. The molecule has 1 N–H and O–H groups in total. The summed E-state index contributed by atoms with van der Waals surface area (Å²) in [6.07, 6.45) is 0.220. The molecule has 2 unspecified atom stereocenters. The summed E-state index contributed by atoms with van der Waals surface area (Å²) in [5.74, 6) is -0.282. The van der Waals surface area contributed by atoms with E-state index in [9.17, 15) is 4.55 Å². The fourth-order valence-corrected chi connectivity index (χ4v) is 6.89. The highest BCUT2D eigenvalue weighted by Gasteiger charge is 2.33. The molecule has 0 amide bonds. The molecule has 0 bridgehead atoms. The van der Waals surface area contributed by atoms with Gasteiger partial charge in [-0.05, 0) is 65.7 Å². The predicted octanol–water partition coefficient (Wildman–Crippen LogP) is 6.67. The molecule has 0 aliphatic rings. The van der Waals surface area contributed by atoms with Gasteiger partial charge in [-0.2, -0.15) is 0 Å². The van der Waals surface area contributed by atoms with Gasteiger partial charge in [0.25, 0.3) is 0 Å². The minimum atomic E-state index is -1.97. The summed E-state index contributed by atoms with van der Waals surface area (Å²) in [7, 11) is -1.97. The topological polar surface area (TPSA) is 74.0 Å². The van der Waals surface area contributed by atoms with Gasteiger partial charge < -0.3 is 9.08 Å². The van der Waals surface area contributed by atoms with Crippen LogP contribution in [0, 0.1) is 5.82 Å². The van der Waals surface area contributed by atoms with Gasteiger partial charge >= 0.3 is 0 Å². The third-order valence-corrected chi connectivity index (χ3v) is 9.97. The lowest BCUT2D eigenvalue weighted by Crippen LogP contribution is -2.43. The van der Waals surface area contributed by atoms with Crippen LogP contribution in [0.4, 0.5) is 4.39 Å². The third kappa shape index (κ3) is 5.75. The first-order valence-corrected chi connectivity index (χ1v) is 17.3. The van der Waals surface area contributed by atoms with E-state index in [1.807, 2.05) is 69.3 Å². The molecule has 5 nitrogen and oxygen atoms in total. The van der Waals surface area contributed by atoms with Gasteiger partial charge in [0.1, 0.15) is 20.9 Å². The van der Waals surface area contributed by atoms with Crippen molar-refractivity contribution in [3.05, 3.63) is 76.3 Å². The van der Waals surface area contributed by atoms with E-state index in [0.29, 0.717) is 26.8 Å². The highest BCUT2D eigenvalue weighted by Crippen LogP contribution is 2.35. The smallest absolute Gasteiger partial charge is 0.167 e. The Labute approximate surface area is 224 Å². The second-order valence-electron chi connectivity index (χ2n) is 10.9. The fraction of sp³-hybridized carbons (Fsp3) is 0.333. The Hall–Kier alpha value is -2.04. The molecular weight excluding hydrogens is 557 g/mol. The quantitative estimate of drug-likeness (QED) is 0.148. The third-order valence-electron chi connectivity index (χ3n) is 5.97. The maximum Gasteiger partial charge on any atom is 0.167 e. The average molecular weight is 589 g/mol. The molecule has 0 radical (unpaired) electrons. The molecule has 4 rings (SSSR count). The van der Waals surface area contributed by atoms with Crippen molar-refractivity contribution in [2.75, 3.05) is 0 Å². The first kappa shape index (κ1) is 27.0. The Morgan fingerprint density at radius 1 is 1.11 bits per heavy atom. The molecule has 0 saturated carbocycles. The predicted molar refractivity (Wildman–Crippen MR) is 152 cm³/mol. The molecule has 4 aromatic rings. The Bertz CT molecular complexity index is 1380. The van der Waals surface area contributed by atoms with Gasteiger partial charge in [0.2, 0.25) is 0 Å². The van der Waals surface area contributed by atoms with E-state index in [-0.39, 0.29) is 12.2 Å². The minimum Gasteiger partial charge on any atom is -0.598 e. The molecular formula is C27H31BrFN3O2SSi. The highest BCUT2D eigenvalue weighted by atomic mass is 79.9. The van der Waals surface area contributed by atoms with Gasteiger partial charge in [0.15, 0.2) is 5.58 Å². The number of rotatable bonds is 7. The normalized spacial score (nSPS) is 14.2. The number of nitrogens with one attached hydrogen (secondary N) is 1. The van der Waals surface area contributed by atoms with Crippen LogP contribution in [-0.4, -0.2) is 27.5 Å². The molecule has 2 atom stereocenters. The lowest BCUT2D eigenvalue weighted by molar-refractivity contribution is 0.459. The first-order valence-electron chi connectivity index (χ1n) is 11.8. The van der Waals surface area contributed by atoms with Gasteiger partial charge in [0.05, 0.1) is 19.8 Å².